The zero-order chi connectivity index (χ0) is 18.5. The predicted octanol–water partition coefficient (Wildman–Crippen LogP) is 5.37. The lowest BCUT2D eigenvalue weighted by atomic mass is 10.3. The lowest BCUT2D eigenvalue weighted by molar-refractivity contribution is 0.413. The zero-order valence-corrected chi connectivity index (χ0v) is 15.8. The van der Waals surface area contributed by atoms with E-state index in [9.17, 15) is 0 Å². The highest BCUT2D eigenvalue weighted by Crippen LogP contribution is 2.35. The Balaban J connectivity index is 1.66. The van der Waals surface area contributed by atoms with E-state index in [-0.39, 0.29) is 0 Å². The third-order valence-corrected chi connectivity index (χ3v) is 5.12. The van der Waals surface area contributed by atoms with Crippen molar-refractivity contribution in [1.82, 2.24) is 4.98 Å². The molecule has 3 aromatic rings. The number of amidine groups is 1. The van der Waals surface area contributed by atoms with Crippen LogP contribution < -0.4 is 9.64 Å². The van der Waals surface area contributed by atoms with Gasteiger partial charge in [-0.15, -0.1) is 0 Å². The van der Waals surface area contributed by atoms with Crippen LogP contribution in [0.4, 0.5) is 11.4 Å². The van der Waals surface area contributed by atoms with Gasteiger partial charge in [-0.3, -0.25) is 4.98 Å². The fraction of sp³-hybridized carbons (Fsp3) is 0.0909. The number of ether oxygens (including phenoxy) is 1. The molecule has 0 bridgehead atoms. The van der Waals surface area contributed by atoms with Gasteiger partial charge in [0.1, 0.15) is 5.75 Å². The molecule has 1 aliphatic heterocycles. The molecule has 2 heterocycles. The highest BCUT2D eigenvalue weighted by Gasteiger charge is 2.25. The highest BCUT2D eigenvalue weighted by molar-refractivity contribution is 8.18. The van der Waals surface area contributed by atoms with Crippen molar-refractivity contribution >= 4 is 34.4 Å². The van der Waals surface area contributed by atoms with Gasteiger partial charge in [0.2, 0.25) is 0 Å². The van der Waals surface area contributed by atoms with Gasteiger partial charge in [-0.2, -0.15) is 0 Å². The first kappa shape index (κ1) is 17.4. The first-order chi connectivity index (χ1) is 13.3. The Labute approximate surface area is 163 Å². The molecule has 4 nitrogen and oxygen atoms in total. The number of thioether (sulfide) groups is 1. The third kappa shape index (κ3) is 4.20. The van der Waals surface area contributed by atoms with Gasteiger partial charge in [-0.25, -0.2) is 4.99 Å². The van der Waals surface area contributed by atoms with Crippen LogP contribution in [0.5, 0.6) is 5.75 Å². The van der Waals surface area contributed by atoms with Crippen molar-refractivity contribution in [1.29, 1.82) is 0 Å². The predicted molar refractivity (Wildman–Crippen MR) is 114 cm³/mol. The molecular formula is C22H19N3OS. The summed E-state index contributed by atoms with van der Waals surface area (Å²) < 4.78 is 5.18. The van der Waals surface area contributed by atoms with Crippen LogP contribution in [0.1, 0.15) is 5.69 Å². The molecule has 0 N–H and O–H groups in total. The van der Waals surface area contributed by atoms with Crippen molar-refractivity contribution in [2.24, 2.45) is 4.99 Å². The van der Waals surface area contributed by atoms with Crippen molar-refractivity contribution in [2.75, 3.05) is 18.6 Å². The van der Waals surface area contributed by atoms with E-state index in [2.05, 4.69) is 28.1 Å². The van der Waals surface area contributed by atoms with Gasteiger partial charge in [0.25, 0.3) is 0 Å². The largest absolute Gasteiger partial charge is 0.495 e. The number of rotatable bonds is 4. The molecule has 0 aliphatic carbocycles. The molecule has 0 amide bonds. The molecule has 1 fully saturated rings. The number of nitrogens with zero attached hydrogens (tertiary/aromatic N) is 3. The van der Waals surface area contributed by atoms with E-state index in [1.807, 2.05) is 60.7 Å². The summed E-state index contributed by atoms with van der Waals surface area (Å²) in [5, 5.41) is 0.965. The zero-order valence-electron chi connectivity index (χ0n) is 14.9. The Morgan fingerprint density at radius 2 is 1.74 bits per heavy atom. The minimum Gasteiger partial charge on any atom is -0.495 e. The maximum Gasteiger partial charge on any atom is 0.173 e. The third-order valence-electron chi connectivity index (χ3n) is 4.12. The van der Waals surface area contributed by atoms with Crippen LogP contribution in [0.25, 0.3) is 6.08 Å². The second-order valence-corrected chi connectivity index (χ2v) is 7.08. The van der Waals surface area contributed by atoms with Gasteiger partial charge in [0.05, 0.1) is 31.2 Å². The molecular weight excluding hydrogens is 354 g/mol. The number of hydrogen-bond donors (Lipinski definition) is 0. The highest BCUT2D eigenvalue weighted by atomic mass is 32.2. The average Bonchev–Trinajstić information content (AvgIpc) is 3.12. The Kier molecular flexibility index (Phi) is 5.21. The van der Waals surface area contributed by atoms with Crippen LogP contribution in [-0.2, 0) is 0 Å². The Morgan fingerprint density at radius 3 is 2.41 bits per heavy atom. The molecule has 1 aliphatic rings. The van der Waals surface area contributed by atoms with Crippen LogP contribution in [0.15, 0.2) is 88.9 Å². The lowest BCUT2D eigenvalue weighted by Gasteiger charge is -2.17. The summed E-state index contributed by atoms with van der Waals surface area (Å²) in [6, 6.07) is 24.3. The minimum atomic E-state index is 0.758. The molecule has 0 unspecified atom stereocenters. The van der Waals surface area contributed by atoms with Crippen molar-refractivity contribution in [3.63, 3.8) is 0 Å². The fourth-order valence-corrected chi connectivity index (χ4v) is 3.81. The van der Waals surface area contributed by atoms with Gasteiger partial charge in [-0.1, -0.05) is 48.2 Å². The minimum absolute atomic E-state index is 0.758. The lowest BCUT2D eigenvalue weighted by Crippen LogP contribution is -2.23. The first-order valence-corrected chi connectivity index (χ1v) is 9.48. The van der Waals surface area contributed by atoms with E-state index in [0.717, 1.165) is 34.5 Å². The number of aromatic nitrogens is 1. The van der Waals surface area contributed by atoms with E-state index >= 15 is 0 Å². The SMILES string of the molecule is COc1ccc(/C=C2/CN(c3ccccc3)/C(=N/c3ccccc3)S2)nc1. The van der Waals surface area contributed by atoms with Gasteiger partial charge < -0.3 is 9.64 Å². The van der Waals surface area contributed by atoms with E-state index < -0.39 is 0 Å². The summed E-state index contributed by atoms with van der Waals surface area (Å²) in [6.45, 7) is 0.772. The molecule has 0 spiro atoms. The number of hydrogen-bond acceptors (Lipinski definition) is 4. The van der Waals surface area contributed by atoms with Gasteiger partial charge in [0.15, 0.2) is 5.17 Å². The quantitative estimate of drug-likeness (QED) is 0.616. The molecule has 27 heavy (non-hydrogen) atoms. The van der Waals surface area contributed by atoms with Crippen molar-refractivity contribution < 1.29 is 4.74 Å². The number of pyridine rings is 1. The maximum atomic E-state index is 5.18. The topological polar surface area (TPSA) is 37.7 Å². The molecule has 5 heteroatoms. The Hall–Kier alpha value is -3.05. The van der Waals surface area contributed by atoms with E-state index in [1.165, 1.54) is 4.91 Å². The fourth-order valence-electron chi connectivity index (χ4n) is 2.77. The first-order valence-electron chi connectivity index (χ1n) is 8.66. The maximum absolute atomic E-state index is 5.18. The summed E-state index contributed by atoms with van der Waals surface area (Å²) in [5.41, 5.74) is 2.99. The number of aliphatic imine (C=N–C) groups is 1. The number of benzene rings is 2. The normalized spacial score (nSPS) is 16.9. The van der Waals surface area contributed by atoms with Crippen LogP contribution in [0.3, 0.4) is 0 Å². The second-order valence-electron chi connectivity index (χ2n) is 5.99. The monoisotopic (exact) mass is 373 g/mol. The average molecular weight is 373 g/mol. The van der Waals surface area contributed by atoms with Crippen molar-refractivity contribution in [2.45, 2.75) is 0 Å². The summed E-state index contributed by atoms with van der Waals surface area (Å²) >= 11 is 1.68. The van der Waals surface area contributed by atoms with E-state index in [0.29, 0.717) is 0 Å². The molecule has 134 valence electrons. The molecule has 1 aromatic heterocycles. The Bertz CT molecular complexity index is 954. The van der Waals surface area contributed by atoms with Crippen molar-refractivity contribution in [3.8, 4) is 5.75 Å². The molecule has 2 aromatic carbocycles. The van der Waals surface area contributed by atoms with Crippen molar-refractivity contribution in [3.05, 3.63) is 89.6 Å². The molecule has 0 radical (unpaired) electrons. The second kappa shape index (κ2) is 8.10. The van der Waals surface area contributed by atoms with Crippen LogP contribution in [0.2, 0.25) is 0 Å². The van der Waals surface area contributed by atoms with E-state index in [1.54, 1.807) is 25.1 Å². The Morgan fingerprint density at radius 1 is 1.00 bits per heavy atom. The van der Waals surface area contributed by atoms with Crippen LogP contribution in [-0.4, -0.2) is 23.8 Å². The van der Waals surface area contributed by atoms with Gasteiger partial charge in [-0.05, 0) is 42.5 Å². The summed E-state index contributed by atoms with van der Waals surface area (Å²) in [7, 11) is 1.64. The molecule has 0 atom stereocenters. The summed E-state index contributed by atoms with van der Waals surface area (Å²) in [4.78, 5) is 12.7. The van der Waals surface area contributed by atoms with Crippen LogP contribution in [0, 0.1) is 0 Å². The van der Waals surface area contributed by atoms with Gasteiger partial charge in [0, 0.05) is 10.6 Å². The summed E-state index contributed by atoms with van der Waals surface area (Å²) in [6.07, 6.45) is 3.84. The molecule has 4 rings (SSSR count). The van der Waals surface area contributed by atoms with Crippen LogP contribution >= 0.6 is 11.8 Å². The van der Waals surface area contributed by atoms with Gasteiger partial charge >= 0.3 is 0 Å². The molecule has 1 saturated heterocycles. The smallest absolute Gasteiger partial charge is 0.173 e. The van der Waals surface area contributed by atoms with E-state index in [4.69, 9.17) is 9.73 Å². The standard InChI is InChI=1S/C22H19N3OS/c1-26-20-13-12-18(23-15-20)14-21-16-25(19-10-6-3-7-11-19)22(27-21)24-17-8-4-2-5-9-17/h2-15H,16H2,1H3/b21-14-,24-22-. The summed E-state index contributed by atoms with van der Waals surface area (Å²) in [5.74, 6) is 0.758. The molecule has 0 saturated carbocycles. The number of anilines is 1. The number of methoxy groups -OCH3 is 1. The number of para-hydroxylation sites is 2.